The largest absolute Gasteiger partial charge is 0.340 e. The molecule has 2 heterocycles. The fraction of sp³-hybridized carbons (Fsp3) is 0.238. The molecule has 0 bridgehead atoms. The normalized spacial score (nSPS) is 14.8. The van der Waals surface area contributed by atoms with Crippen LogP contribution in [-0.2, 0) is 14.8 Å². The summed E-state index contributed by atoms with van der Waals surface area (Å²) in [4.78, 5) is 16.0. The van der Waals surface area contributed by atoms with Gasteiger partial charge in [-0.3, -0.25) is 4.79 Å². The third-order valence-corrected chi connectivity index (χ3v) is 6.74. The van der Waals surface area contributed by atoms with Crippen molar-refractivity contribution in [2.75, 3.05) is 23.7 Å². The molecule has 0 saturated carbocycles. The minimum Gasteiger partial charge on any atom is -0.340 e. The first-order valence-corrected chi connectivity index (χ1v) is 10.9. The zero-order chi connectivity index (χ0) is 20.4. The van der Waals surface area contributed by atoms with Gasteiger partial charge in [0.25, 0.3) is 0 Å². The summed E-state index contributed by atoms with van der Waals surface area (Å²) in [7, 11) is -3.44. The first kappa shape index (κ1) is 19.4. The van der Waals surface area contributed by atoms with Crippen LogP contribution in [0.2, 0.25) is 0 Å². The lowest BCUT2D eigenvalue weighted by Gasteiger charge is -2.16. The number of sulfonamides is 1. The molecule has 0 aliphatic carbocycles. The maximum absolute atomic E-state index is 12.7. The highest BCUT2D eigenvalue weighted by Crippen LogP contribution is 2.25. The van der Waals surface area contributed by atoms with Crippen molar-refractivity contribution in [1.29, 1.82) is 0 Å². The molecule has 0 unspecified atom stereocenters. The molecule has 8 heteroatoms. The Bertz CT molecular complexity index is 1150. The van der Waals surface area contributed by atoms with E-state index >= 15 is 0 Å². The molecule has 0 spiro atoms. The van der Waals surface area contributed by atoms with Crippen LogP contribution in [0.15, 0.2) is 59.5 Å². The lowest BCUT2D eigenvalue weighted by atomic mass is 10.2. The highest BCUT2D eigenvalue weighted by Gasteiger charge is 2.27. The van der Waals surface area contributed by atoms with Gasteiger partial charge in [-0.1, -0.05) is 0 Å². The Kier molecular flexibility index (Phi) is 5.21. The molecule has 1 amide bonds. The Balaban J connectivity index is 1.55. The third kappa shape index (κ3) is 4.23. The molecule has 0 radical (unpaired) electrons. The number of anilines is 3. The molecule has 4 rings (SSSR count). The molecular weight excluding hydrogens is 388 g/mol. The lowest BCUT2D eigenvalue weighted by molar-refractivity contribution is -0.114. The van der Waals surface area contributed by atoms with Crippen molar-refractivity contribution in [2.24, 2.45) is 0 Å². The maximum Gasteiger partial charge on any atom is 0.243 e. The van der Waals surface area contributed by atoms with Crippen LogP contribution in [0.1, 0.15) is 19.8 Å². The van der Waals surface area contributed by atoms with Crippen LogP contribution in [0.3, 0.4) is 0 Å². The van der Waals surface area contributed by atoms with Crippen molar-refractivity contribution in [3.05, 3.63) is 54.6 Å². The Hall–Kier alpha value is -2.97. The van der Waals surface area contributed by atoms with Gasteiger partial charge in [0, 0.05) is 36.8 Å². The fourth-order valence-electron chi connectivity index (χ4n) is 3.40. The molecular formula is C21H22N4O3S. The van der Waals surface area contributed by atoms with Crippen molar-refractivity contribution in [3.8, 4) is 0 Å². The minimum absolute atomic E-state index is 0.118. The summed E-state index contributed by atoms with van der Waals surface area (Å²) in [6.45, 7) is 2.64. The molecule has 1 fully saturated rings. The van der Waals surface area contributed by atoms with E-state index in [1.165, 1.54) is 6.92 Å². The standard InChI is InChI=1S/C21H22N4O3S/c1-15(26)22-17-5-7-18(8-6-17)23-21-11-4-16-14-19(9-10-20(16)24-21)29(27,28)25-12-2-3-13-25/h4-11,14H,2-3,12-13H2,1H3,(H,22,26)(H,23,24). The van der Waals surface area contributed by atoms with Crippen LogP contribution in [-0.4, -0.2) is 36.7 Å². The van der Waals surface area contributed by atoms with Gasteiger partial charge in [-0.15, -0.1) is 0 Å². The van der Waals surface area contributed by atoms with Crippen molar-refractivity contribution < 1.29 is 13.2 Å². The lowest BCUT2D eigenvalue weighted by Crippen LogP contribution is -2.27. The first-order valence-electron chi connectivity index (χ1n) is 9.47. The molecule has 3 aromatic rings. The average molecular weight is 410 g/mol. The Labute approximate surface area is 169 Å². The molecule has 1 saturated heterocycles. The van der Waals surface area contributed by atoms with Gasteiger partial charge in [0.15, 0.2) is 0 Å². The van der Waals surface area contributed by atoms with Crippen molar-refractivity contribution >= 4 is 44.0 Å². The van der Waals surface area contributed by atoms with E-state index in [1.807, 2.05) is 24.3 Å². The number of carbonyl (C=O) groups excluding carboxylic acids is 1. The molecule has 1 aliphatic heterocycles. The van der Waals surface area contributed by atoms with E-state index in [9.17, 15) is 13.2 Å². The number of fused-ring (bicyclic) bond motifs is 1. The van der Waals surface area contributed by atoms with Gasteiger partial charge in [0.1, 0.15) is 5.82 Å². The van der Waals surface area contributed by atoms with Gasteiger partial charge in [-0.05, 0) is 67.4 Å². The summed E-state index contributed by atoms with van der Waals surface area (Å²) in [6.07, 6.45) is 1.82. The molecule has 2 aromatic carbocycles. The number of rotatable bonds is 5. The van der Waals surface area contributed by atoms with E-state index < -0.39 is 10.0 Å². The zero-order valence-corrected chi connectivity index (χ0v) is 16.9. The van der Waals surface area contributed by atoms with Crippen LogP contribution in [0, 0.1) is 0 Å². The Morgan fingerprint density at radius 3 is 2.34 bits per heavy atom. The second kappa shape index (κ2) is 7.81. The van der Waals surface area contributed by atoms with Gasteiger partial charge in [0.05, 0.1) is 10.4 Å². The highest BCUT2D eigenvalue weighted by molar-refractivity contribution is 7.89. The highest BCUT2D eigenvalue weighted by atomic mass is 32.2. The summed E-state index contributed by atoms with van der Waals surface area (Å²) in [5, 5.41) is 6.71. The average Bonchev–Trinajstić information content (AvgIpc) is 3.24. The van der Waals surface area contributed by atoms with Crippen molar-refractivity contribution in [2.45, 2.75) is 24.7 Å². The number of pyridine rings is 1. The monoisotopic (exact) mass is 410 g/mol. The smallest absolute Gasteiger partial charge is 0.243 e. The number of carbonyl (C=O) groups is 1. The van der Waals surface area contributed by atoms with E-state index in [1.54, 1.807) is 34.6 Å². The van der Waals surface area contributed by atoms with Crippen LogP contribution >= 0.6 is 0 Å². The second-order valence-corrected chi connectivity index (χ2v) is 8.98. The predicted molar refractivity (Wildman–Crippen MR) is 114 cm³/mol. The van der Waals surface area contributed by atoms with Gasteiger partial charge < -0.3 is 10.6 Å². The van der Waals surface area contributed by atoms with E-state index in [2.05, 4.69) is 15.6 Å². The first-order chi connectivity index (χ1) is 13.9. The SMILES string of the molecule is CC(=O)Nc1ccc(Nc2ccc3cc(S(=O)(=O)N4CCCC4)ccc3n2)cc1. The van der Waals surface area contributed by atoms with Crippen LogP contribution in [0.4, 0.5) is 17.2 Å². The third-order valence-electron chi connectivity index (χ3n) is 4.84. The van der Waals surface area contributed by atoms with Crippen LogP contribution in [0.25, 0.3) is 10.9 Å². The number of amides is 1. The fourth-order valence-corrected chi connectivity index (χ4v) is 4.95. The van der Waals surface area contributed by atoms with E-state index in [-0.39, 0.29) is 5.91 Å². The van der Waals surface area contributed by atoms with Gasteiger partial charge in [-0.2, -0.15) is 4.31 Å². The van der Waals surface area contributed by atoms with E-state index in [0.717, 1.165) is 29.6 Å². The van der Waals surface area contributed by atoms with Gasteiger partial charge in [-0.25, -0.2) is 13.4 Å². The van der Waals surface area contributed by atoms with Crippen LogP contribution < -0.4 is 10.6 Å². The van der Waals surface area contributed by atoms with Crippen molar-refractivity contribution in [1.82, 2.24) is 9.29 Å². The van der Waals surface area contributed by atoms with Gasteiger partial charge in [0.2, 0.25) is 15.9 Å². The number of nitrogens with one attached hydrogen (secondary N) is 2. The topological polar surface area (TPSA) is 91.4 Å². The molecule has 1 aliphatic rings. The summed E-state index contributed by atoms with van der Waals surface area (Å²) in [6, 6.07) is 16.0. The molecule has 0 atom stereocenters. The maximum atomic E-state index is 12.7. The summed E-state index contributed by atoms with van der Waals surface area (Å²) < 4.78 is 27.0. The zero-order valence-electron chi connectivity index (χ0n) is 16.1. The summed E-state index contributed by atoms with van der Waals surface area (Å²) >= 11 is 0. The number of aromatic nitrogens is 1. The number of hydrogen-bond donors (Lipinski definition) is 2. The van der Waals surface area contributed by atoms with E-state index in [0.29, 0.717) is 29.3 Å². The number of benzene rings is 2. The second-order valence-electron chi connectivity index (χ2n) is 7.05. The van der Waals surface area contributed by atoms with E-state index in [4.69, 9.17) is 0 Å². The van der Waals surface area contributed by atoms with Crippen molar-refractivity contribution in [3.63, 3.8) is 0 Å². The van der Waals surface area contributed by atoms with Gasteiger partial charge >= 0.3 is 0 Å². The minimum atomic E-state index is -3.44. The molecule has 7 nitrogen and oxygen atoms in total. The number of hydrogen-bond acceptors (Lipinski definition) is 5. The molecule has 150 valence electrons. The van der Waals surface area contributed by atoms with Crippen LogP contribution in [0.5, 0.6) is 0 Å². The molecule has 2 N–H and O–H groups in total. The quantitative estimate of drug-likeness (QED) is 0.669. The number of nitrogens with zero attached hydrogens (tertiary/aromatic N) is 2. The summed E-state index contributed by atoms with van der Waals surface area (Å²) in [5.74, 6) is 0.535. The predicted octanol–water partition coefficient (Wildman–Crippen LogP) is 3.72. The molecule has 29 heavy (non-hydrogen) atoms. The molecule has 1 aromatic heterocycles. The summed E-state index contributed by atoms with van der Waals surface area (Å²) in [5.41, 5.74) is 2.27. The Morgan fingerprint density at radius 1 is 0.966 bits per heavy atom. The Morgan fingerprint density at radius 2 is 1.66 bits per heavy atom.